The number of rotatable bonds is 2. The molecule has 0 saturated carbocycles. The lowest BCUT2D eigenvalue weighted by Crippen LogP contribution is -2.29. The zero-order valence-corrected chi connectivity index (χ0v) is 8.20. The van der Waals surface area contributed by atoms with E-state index in [1.54, 1.807) is 0 Å². The van der Waals surface area contributed by atoms with Gasteiger partial charge in [-0.15, -0.1) is 0 Å². The zero-order valence-electron chi connectivity index (χ0n) is 8.20. The summed E-state index contributed by atoms with van der Waals surface area (Å²) in [6.45, 7) is 4.12. The normalized spacial score (nSPS) is 17.1. The number of hydroxylamine groups is 1. The van der Waals surface area contributed by atoms with Crippen molar-refractivity contribution >= 4 is 0 Å². The molecule has 0 spiro atoms. The highest BCUT2D eigenvalue weighted by molar-refractivity contribution is 5.45. The number of ether oxygens (including phenoxy) is 2. The first kappa shape index (κ1) is 9.30. The Hall–Kier alpha value is -1.26. The molecule has 0 atom stereocenters. The van der Waals surface area contributed by atoms with E-state index in [9.17, 15) is 0 Å². The first-order chi connectivity index (χ1) is 6.61. The molecule has 4 nitrogen and oxygen atoms in total. The van der Waals surface area contributed by atoms with Gasteiger partial charge in [0.25, 0.3) is 0 Å². The molecule has 1 aromatic rings. The summed E-state index contributed by atoms with van der Waals surface area (Å²) >= 11 is 0. The minimum Gasteiger partial charge on any atom is -0.449 e. The van der Waals surface area contributed by atoms with Crippen molar-refractivity contribution in [3.8, 4) is 11.5 Å². The van der Waals surface area contributed by atoms with E-state index >= 15 is 0 Å². The van der Waals surface area contributed by atoms with E-state index < -0.39 is 5.79 Å². The fraction of sp³-hybridized carbons (Fsp3) is 0.400. The molecule has 0 saturated heterocycles. The average molecular weight is 195 g/mol. The summed E-state index contributed by atoms with van der Waals surface area (Å²) in [5.41, 5.74) is 3.05. The molecular weight excluding hydrogens is 182 g/mol. The minimum atomic E-state index is -0.590. The van der Waals surface area contributed by atoms with Gasteiger partial charge in [0.15, 0.2) is 11.5 Å². The number of hydrogen-bond acceptors (Lipinski definition) is 4. The Morgan fingerprint density at radius 1 is 1.29 bits per heavy atom. The van der Waals surface area contributed by atoms with Crippen LogP contribution in [0.25, 0.3) is 0 Å². The lowest BCUT2D eigenvalue weighted by Gasteiger charge is -2.16. The second-order valence-corrected chi connectivity index (χ2v) is 3.72. The summed E-state index contributed by atoms with van der Waals surface area (Å²) in [6.07, 6.45) is 0. The van der Waals surface area contributed by atoms with Gasteiger partial charge in [-0.3, -0.25) is 0 Å². The molecule has 0 radical (unpaired) electrons. The Kier molecular flexibility index (Phi) is 2.09. The van der Waals surface area contributed by atoms with Crippen LogP contribution < -0.4 is 15.0 Å². The molecule has 0 amide bonds. The van der Waals surface area contributed by atoms with Gasteiger partial charge in [-0.05, 0) is 17.7 Å². The highest BCUT2D eigenvalue weighted by Crippen LogP contribution is 2.39. The molecule has 2 rings (SSSR count). The van der Waals surface area contributed by atoms with E-state index in [4.69, 9.17) is 14.7 Å². The number of nitrogens with one attached hydrogen (secondary N) is 1. The summed E-state index contributed by atoms with van der Waals surface area (Å²) in [5, 5.41) is 8.55. The van der Waals surface area contributed by atoms with Crippen molar-refractivity contribution in [3.05, 3.63) is 23.8 Å². The van der Waals surface area contributed by atoms with Crippen LogP contribution in [0, 0.1) is 0 Å². The van der Waals surface area contributed by atoms with Crippen molar-refractivity contribution < 1.29 is 14.7 Å². The molecule has 76 valence electrons. The van der Waals surface area contributed by atoms with Gasteiger partial charge < -0.3 is 14.7 Å². The van der Waals surface area contributed by atoms with E-state index in [2.05, 4.69) is 5.48 Å². The molecule has 0 aromatic heterocycles. The maximum absolute atomic E-state index is 8.55. The monoisotopic (exact) mass is 195 g/mol. The van der Waals surface area contributed by atoms with E-state index in [1.807, 2.05) is 32.0 Å². The predicted molar refractivity (Wildman–Crippen MR) is 50.4 cm³/mol. The summed E-state index contributed by atoms with van der Waals surface area (Å²) in [5.74, 6) is 0.882. The van der Waals surface area contributed by atoms with Crippen LogP contribution in [0.1, 0.15) is 19.4 Å². The maximum Gasteiger partial charge on any atom is 0.246 e. The minimum absolute atomic E-state index is 0.400. The first-order valence-corrected chi connectivity index (χ1v) is 4.49. The summed E-state index contributed by atoms with van der Waals surface area (Å²) in [4.78, 5) is 0. The third-order valence-corrected chi connectivity index (χ3v) is 2.00. The molecule has 4 heteroatoms. The Morgan fingerprint density at radius 2 is 2.00 bits per heavy atom. The summed E-state index contributed by atoms with van der Waals surface area (Å²) < 4.78 is 11.1. The Morgan fingerprint density at radius 3 is 2.71 bits per heavy atom. The fourth-order valence-corrected chi connectivity index (χ4v) is 1.47. The first-order valence-electron chi connectivity index (χ1n) is 4.49. The van der Waals surface area contributed by atoms with Gasteiger partial charge in [-0.1, -0.05) is 6.07 Å². The topological polar surface area (TPSA) is 50.7 Å². The van der Waals surface area contributed by atoms with Crippen molar-refractivity contribution in [3.63, 3.8) is 0 Å². The summed E-state index contributed by atoms with van der Waals surface area (Å²) in [7, 11) is 0. The second-order valence-electron chi connectivity index (χ2n) is 3.72. The standard InChI is InChI=1S/C10H13NO3/c1-10(2)13-8-4-3-7(6-11-12)5-9(8)14-10/h3-5,11-12H,6H2,1-2H3. The molecule has 0 aliphatic carbocycles. The lowest BCUT2D eigenvalue weighted by molar-refractivity contribution is -0.0431. The van der Waals surface area contributed by atoms with Gasteiger partial charge in [0.05, 0.1) is 0 Å². The Balaban J connectivity index is 2.26. The van der Waals surface area contributed by atoms with Crippen LogP contribution in [-0.2, 0) is 6.54 Å². The van der Waals surface area contributed by atoms with Crippen molar-refractivity contribution in [2.75, 3.05) is 0 Å². The van der Waals surface area contributed by atoms with Gasteiger partial charge in [0.1, 0.15) is 0 Å². The SMILES string of the molecule is CC1(C)Oc2ccc(CNO)cc2O1. The van der Waals surface area contributed by atoms with Crippen LogP contribution in [-0.4, -0.2) is 11.0 Å². The third kappa shape index (κ3) is 1.66. The molecule has 14 heavy (non-hydrogen) atoms. The molecule has 1 aromatic carbocycles. The van der Waals surface area contributed by atoms with Crippen LogP contribution >= 0.6 is 0 Å². The van der Waals surface area contributed by atoms with E-state index in [0.717, 1.165) is 17.1 Å². The highest BCUT2D eigenvalue weighted by Gasteiger charge is 2.31. The number of hydrogen-bond donors (Lipinski definition) is 2. The van der Waals surface area contributed by atoms with Crippen LogP contribution in [0.2, 0.25) is 0 Å². The van der Waals surface area contributed by atoms with Crippen LogP contribution in [0.3, 0.4) is 0 Å². The van der Waals surface area contributed by atoms with Gasteiger partial charge in [-0.2, -0.15) is 0 Å². The third-order valence-electron chi connectivity index (χ3n) is 2.00. The van der Waals surface area contributed by atoms with E-state index in [0.29, 0.717) is 6.54 Å². The summed E-state index contributed by atoms with van der Waals surface area (Å²) in [6, 6.07) is 5.58. The van der Waals surface area contributed by atoms with Crippen molar-refractivity contribution in [2.45, 2.75) is 26.2 Å². The quantitative estimate of drug-likeness (QED) is 0.705. The van der Waals surface area contributed by atoms with Gasteiger partial charge in [0.2, 0.25) is 5.79 Å². The van der Waals surface area contributed by atoms with Crippen molar-refractivity contribution in [2.24, 2.45) is 0 Å². The average Bonchev–Trinajstić information content (AvgIpc) is 2.38. The molecular formula is C10H13NO3. The van der Waals surface area contributed by atoms with E-state index in [1.165, 1.54) is 0 Å². The molecule has 1 heterocycles. The largest absolute Gasteiger partial charge is 0.449 e. The van der Waals surface area contributed by atoms with Crippen LogP contribution in [0.15, 0.2) is 18.2 Å². The molecule has 1 aliphatic heterocycles. The second kappa shape index (κ2) is 3.15. The van der Waals surface area contributed by atoms with Crippen LogP contribution in [0.4, 0.5) is 0 Å². The van der Waals surface area contributed by atoms with Crippen molar-refractivity contribution in [1.82, 2.24) is 5.48 Å². The van der Waals surface area contributed by atoms with Crippen LogP contribution in [0.5, 0.6) is 11.5 Å². The van der Waals surface area contributed by atoms with Gasteiger partial charge in [-0.25, -0.2) is 5.48 Å². The molecule has 1 aliphatic rings. The number of benzene rings is 1. The molecule has 0 unspecified atom stereocenters. The van der Waals surface area contributed by atoms with Gasteiger partial charge >= 0.3 is 0 Å². The zero-order chi connectivity index (χ0) is 10.2. The molecule has 2 N–H and O–H groups in total. The lowest BCUT2D eigenvalue weighted by atomic mass is 10.2. The number of fused-ring (bicyclic) bond motifs is 1. The highest BCUT2D eigenvalue weighted by atomic mass is 16.7. The Labute approximate surface area is 82.4 Å². The Bertz CT molecular complexity index is 349. The maximum atomic E-state index is 8.55. The fourth-order valence-electron chi connectivity index (χ4n) is 1.47. The predicted octanol–water partition coefficient (Wildman–Crippen LogP) is 1.67. The molecule has 0 fully saturated rings. The van der Waals surface area contributed by atoms with Gasteiger partial charge in [0, 0.05) is 20.4 Å². The van der Waals surface area contributed by atoms with E-state index in [-0.39, 0.29) is 0 Å². The molecule has 0 bridgehead atoms. The van der Waals surface area contributed by atoms with Crippen molar-refractivity contribution in [1.29, 1.82) is 0 Å². The smallest absolute Gasteiger partial charge is 0.246 e.